The number of carbonyl (C=O) groups is 2. The number of aryl methyl sites for hydroxylation is 2. The lowest BCUT2D eigenvalue weighted by atomic mass is 9.76. The predicted octanol–water partition coefficient (Wildman–Crippen LogP) is 1.65. The van der Waals surface area contributed by atoms with Gasteiger partial charge in [0.1, 0.15) is 0 Å². The number of hydrogen-bond donors (Lipinski definition) is 0. The first-order valence-electron chi connectivity index (χ1n) is 9.12. The lowest BCUT2D eigenvalue weighted by Gasteiger charge is -2.62. The van der Waals surface area contributed by atoms with Gasteiger partial charge in [-0.1, -0.05) is 0 Å². The molecule has 2 fully saturated rings. The van der Waals surface area contributed by atoms with E-state index in [-0.39, 0.29) is 17.4 Å². The molecule has 0 saturated carbocycles. The fourth-order valence-electron chi connectivity index (χ4n) is 4.28. The minimum atomic E-state index is -0.195. The molecule has 1 spiro atoms. The average molecular weight is 363 g/mol. The lowest BCUT2D eigenvalue weighted by Crippen LogP contribution is -2.78. The van der Waals surface area contributed by atoms with Crippen molar-refractivity contribution < 1.29 is 9.59 Å². The van der Waals surface area contributed by atoms with E-state index in [0.717, 1.165) is 23.9 Å². The second-order valence-electron chi connectivity index (χ2n) is 7.70. The third-order valence-electron chi connectivity index (χ3n) is 5.96. The molecule has 0 aliphatic carbocycles. The van der Waals surface area contributed by atoms with E-state index >= 15 is 0 Å². The third-order valence-corrected chi connectivity index (χ3v) is 5.96. The number of amides is 2. The maximum Gasteiger partial charge on any atom is 0.257 e. The number of fused-ring (bicyclic) bond motifs is 1. The van der Waals surface area contributed by atoms with Gasteiger partial charge in [0.05, 0.1) is 17.3 Å². The number of likely N-dealkylation sites (tertiary alicyclic amines) is 2. The summed E-state index contributed by atoms with van der Waals surface area (Å²) in [6, 6.07) is 7.83. The molecule has 7 heteroatoms. The topological polar surface area (TPSA) is 63.4 Å². The highest BCUT2D eigenvalue weighted by Gasteiger charge is 2.56. The van der Waals surface area contributed by atoms with Crippen LogP contribution in [0.3, 0.4) is 0 Å². The Morgan fingerprint density at radius 2 is 1.89 bits per heavy atom. The van der Waals surface area contributed by atoms with Gasteiger partial charge in [-0.2, -0.15) is 5.10 Å². The molecule has 138 valence electrons. The molecule has 0 atom stereocenters. The molecule has 0 radical (unpaired) electrons. The molecule has 2 saturated heterocycles. The Hall–Kier alpha value is -3.09. The number of benzene rings is 1. The van der Waals surface area contributed by atoms with Gasteiger partial charge in [-0.15, -0.1) is 0 Å². The van der Waals surface area contributed by atoms with Gasteiger partial charge in [0, 0.05) is 62.6 Å². The number of nitrogens with zero attached hydrogens (tertiary/aromatic N) is 5. The summed E-state index contributed by atoms with van der Waals surface area (Å²) in [6.07, 6.45) is 6.28. The maximum absolute atomic E-state index is 12.9. The zero-order valence-corrected chi connectivity index (χ0v) is 15.4. The summed E-state index contributed by atoms with van der Waals surface area (Å²) in [5.41, 5.74) is 2.22. The molecule has 7 nitrogen and oxygen atoms in total. The van der Waals surface area contributed by atoms with Crippen LogP contribution in [0.5, 0.6) is 0 Å². The minimum Gasteiger partial charge on any atom is -0.351 e. The van der Waals surface area contributed by atoms with Crippen LogP contribution in [0.1, 0.15) is 27.1 Å². The van der Waals surface area contributed by atoms with Crippen molar-refractivity contribution >= 4 is 22.7 Å². The predicted molar refractivity (Wildman–Crippen MR) is 100 cm³/mol. The summed E-state index contributed by atoms with van der Waals surface area (Å²) in [5.74, 6) is 0.0409. The number of aromatic nitrogens is 3. The van der Waals surface area contributed by atoms with Crippen LogP contribution in [0.2, 0.25) is 0 Å². The van der Waals surface area contributed by atoms with Crippen molar-refractivity contribution in [3.63, 3.8) is 0 Å². The van der Waals surface area contributed by atoms with Gasteiger partial charge in [0.15, 0.2) is 0 Å². The standard InChI is InChI=1S/C20H21N5O2/c1-22-7-5-14-9-15(3-4-17(14)22)18(26)24-12-20(13-24)6-8-25(20)19(27)16-10-21-23(2)11-16/h3-5,7,9-11H,6,8,12-13H2,1-2H3. The Morgan fingerprint density at radius 1 is 1.07 bits per heavy atom. The van der Waals surface area contributed by atoms with E-state index in [1.807, 2.05) is 51.9 Å². The van der Waals surface area contributed by atoms with E-state index < -0.39 is 0 Å². The quantitative estimate of drug-likeness (QED) is 0.696. The summed E-state index contributed by atoms with van der Waals surface area (Å²) in [7, 11) is 3.80. The van der Waals surface area contributed by atoms with Crippen LogP contribution in [0.4, 0.5) is 0 Å². The molecule has 4 heterocycles. The summed E-state index contributed by atoms with van der Waals surface area (Å²) >= 11 is 0. The van der Waals surface area contributed by atoms with Crippen LogP contribution >= 0.6 is 0 Å². The van der Waals surface area contributed by atoms with Gasteiger partial charge in [0.25, 0.3) is 11.8 Å². The van der Waals surface area contributed by atoms with Crippen molar-refractivity contribution in [3.8, 4) is 0 Å². The van der Waals surface area contributed by atoms with Crippen molar-refractivity contribution in [3.05, 3.63) is 54.0 Å². The van der Waals surface area contributed by atoms with Gasteiger partial charge in [-0.3, -0.25) is 14.3 Å². The fraction of sp³-hybridized carbons (Fsp3) is 0.350. The zero-order valence-electron chi connectivity index (χ0n) is 15.4. The molecule has 0 bridgehead atoms. The normalized spacial score (nSPS) is 17.9. The number of carbonyl (C=O) groups excluding carboxylic acids is 2. The molecule has 2 aliphatic heterocycles. The molecule has 2 aliphatic rings. The Labute approximate surface area is 156 Å². The average Bonchev–Trinajstić information content (AvgIpc) is 3.18. The Kier molecular flexibility index (Phi) is 3.25. The first-order chi connectivity index (χ1) is 13.0. The number of hydrogen-bond acceptors (Lipinski definition) is 3. The molecule has 0 unspecified atom stereocenters. The van der Waals surface area contributed by atoms with E-state index in [4.69, 9.17) is 0 Å². The summed E-state index contributed by atoms with van der Waals surface area (Å²) < 4.78 is 3.68. The lowest BCUT2D eigenvalue weighted by molar-refractivity contribution is -0.0848. The summed E-state index contributed by atoms with van der Waals surface area (Å²) in [4.78, 5) is 29.3. The van der Waals surface area contributed by atoms with Gasteiger partial charge in [0.2, 0.25) is 0 Å². The van der Waals surface area contributed by atoms with Crippen molar-refractivity contribution in [2.45, 2.75) is 12.0 Å². The van der Waals surface area contributed by atoms with Crippen molar-refractivity contribution in [1.29, 1.82) is 0 Å². The molecule has 1 aromatic carbocycles. The van der Waals surface area contributed by atoms with Gasteiger partial charge >= 0.3 is 0 Å². The first-order valence-corrected chi connectivity index (χ1v) is 9.12. The van der Waals surface area contributed by atoms with Gasteiger partial charge in [-0.25, -0.2) is 0 Å². The second kappa shape index (κ2) is 5.45. The highest BCUT2D eigenvalue weighted by Crippen LogP contribution is 2.40. The maximum atomic E-state index is 12.9. The van der Waals surface area contributed by atoms with Gasteiger partial charge in [-0.05, 0) is 30.7 Å². The summed E-state index contributed by atoms with van der Waals surface area (Å²) in [5, 5.41) is 5.15. The van der Waals surface area contributed by atoms with Crippen molar-refractivity contribution in [2.24, 2.45) is 14.1 Å². The number of rotatable bonds is 2. The molecule has 2 amide bonds. The monoisotopic (exact) mass is 363 g/mol. The Bertz CT molecular complexity index is 1070. The fourth-order valence-corrected chi connectivity index (χ4v) is 4.28. The van der Waals surface area contributed by atoms with Crippen LogP contribution < -0.4 is 0 Å². The molecular weight excluding hydrogens is 342 g/mol. The largest absolute Gasteiger partial charge is 0.351 e. The zero-order chi connectivity index (χ0) is 18.8. The first kappa shape index (κ1) is 16.1. The molecular formula is C20H21N5O2. The molecule has 0 N–H and O–H groups in total. The van der Waals surface area contributed by atoms with E-state index in [0.29, 0.717) is 24.2 Å². The van der Waals surface area contributed by atoms with Crippen molar-refractivity contribution in [2.75, 3.05) is 19.6 Å². The molecule has 27 heavy (non-hydrogen) atoms. The highest BCUT2D eigenvalue weighted by molar-refractivity contribution is 5.99. The van der Waals surface area contributed by atoms with E-state index in [1.54, 1.807) is 24.1 Å². The Morgan fingerprint density at radius 3 is 2.56 bits per heavy atom. The van der Waals surface area contributed by atoms with E-state index in [1.165, 1.54) is 0 Å². The SMILES string of the molecule is Cn1cc(C(=O)N2CCC23CN(C(=O)c2ccc4c(ccn4C)c2)C3)cn1. The second-order valence-corrected chi connectivity index (χ2v) is 7.70. The highest BCUT2D eigenvalue weighted by atomic mass is 16.2. The molecule has 2 aromatic heterocycles. The van der Waals surface area contributed by atoms with E-state index in [2.05, 4.69) is 5.10 Å². The third kappa shape index (κ3) is 2.31. The van der Waals surface area contributed by atoms with Gasteiger partial charge < -0.3 is 14.4 Å². The van der Waals surface area contributed by atoms with Crippen molar-refractivity contribution in [1.82, 2.24) is 24.1 Å². The van der Waals surface area contributed by atoms with E-state index in [9.17, 15) is 9.59 Å². The van der Waals surface area contributed by atoms with Crippen LogP contribution in [-0.2, 0) is 14.1 Å². The van der Waals surface area contributed by atoms with Crippen LogP contribution in [0.25, 0.3) is 10.9 Å². The summed E-state index contributed by atoms with van der Waals surface area (Å²) in [6.45, 7) is 1.95. The minimum absolute atomic E-state index is 0.00662. The smallest absolute Gasteiger partial charge is 0.257 e. The molecule has 3 aromatic rings. The molecule has 5 rings (SSSR count). The Balaban J connectivity index is 1.30. The van der Waals surface area contributed by atoms with Crippen LogP contribution in [-0.4, -0.2) is 61.1 Å². The van der Waals surface area contributed by atoms with Crippen LogP contribution in [0, 0.1) is 0 Å². The van der Waals surface area contributed by atoms with Crippen LogP contribution in [0.15, 0.2) is 42.9 Å².